The van der Waals surface area contributed by atoms with Gasteiger partial charge in [-0.05, 0) is 13.3 Å². The Balaban J connectivity index is 2.71. The number of likely N-dealkylation sites (N-methyl/N-ethyl adjacent to an activating group) is 1. The third kappa shape index (κ3) is 6.09. The maximum absolute atomic E-state index is 11.6. The number of nitrogens with one attached hydrogen (secondary N) is 1. The molecule has 1 aromatic carbocycles. The van der Waals surface area contributed by atoms with Crippen LogP contribution in [0.5, 0.6) is 0 Å². The van der Waals surface area contributed by atoms with Gasteiger partial charge in [0.1, 0.15) is 5.76 Å². The van der Waals surface area contributed by atoms with Crippen molar-refractivity contribution in [2.75, 3.05) is 13.2 Å². The van der Waals surface area contributed by atoms with Gasteiger partial charge in [-0.15, -0.1) is 0 Å². The van der Waals surface area contributed by atoms with Crippen molar-refractivity contribution in [1.29, 1.82) is 0 Å². The Bertz CT molecular complexity index is 398. The van der Waals surface area contributed by atoms with Crippen LogP contribution < -0.4 is 5.32 Å². The number of hydrogen-bond donors (Lipinski definition) is 1. The van der Waals surface area contributed by atoms with E-state index in [0.717, 1.165) is 24.8 Å². The summed E-state index contributed by atoms with van der Waals surface area (Å²) in [5, 5.41) is 2.75. The molecule has 0 spiro atoms. The Hall–Kier alpha value is -1.77. The molecule has 19 heavy (non-hydrogen) atoms. The molecule has 104 valence electrons. The van der Waals surface area contributed by atoms with Gasteiger partial charge in [0.2, 0.25) is 5.91 Å². The zero-order valence-corrected chi connectivity index (χ0v) is 11.8. The topological polar surface area (TPSA) is 38.3 Å². The van der Waals surface area contributed by atoms with Crippen molar-refractivity contribution in [3.8, 4) is 0 Å². The van der Waals surface area contributed by atoms with E-state index >= 15 is 0 Å². The van der Waals surface area contributed by atoms with Crippen LogP contribution in [0.1, 0.15) is 38.7 Å². The predicted molar refractivity (Wildman–Crippen MR) is 78.6 cm³/mol. The molecule has 3 heteroatoms. The molecular weight excluding hydrogens is 238 g/mol. The molecule has 0 saturated carbocycles. The number of benzene rings is 1. The average Bonchev–Trinajstić information content (AvgIpc) is 2.43. The average molecular weight is 261 g/mol. The van der Waals surface area contributed by atoms with E-state index in [4.69, 9.17) is 4.74 Å². The molecular formula is C16H23NO2. The van der Waals surface area contributed by atoms with Crippen molar-refractivity contribution in [3.05, 3.63) is 42.0 Å². The standard InChI is InChI=1S/C16H23NO2/c1-3-5-9-12-19-15(13-16(18)17-4-2)14-10-7-6-8-11-14/h6-8,10-11,13H,3-5,9,12H2,1-2H3,(H,17,18). The Labute approximate surface area is 115 Å². The third-order valence-electron chi connectivity index (χ3n) is 2.68. The molecule has 0 unspecified atom stereocenters. The summed E-state index contributed by atoms with van der Waals surface area (Å²) in [5.74, 6) is 0.527. The van der Waals surface area contributed by atoms with Crippen LogP contribution in [0.4, 0.5) is 0 Å². The van der Waals surface area contributed by atoms with Crippen LogP contribution in [0, 0.1) is 0 Å². The minimum absolute atomic E-state index is 0.114. The van der Waals surface area contributed by atoms with Gasteiger partial charge in [0.25, 0.3) is 0 Å². The van der Waals surface area contributed by atoms with Crippen LogP contribution in [0.15, 0.2) is 36.4 Å². The molecule has 1 aromatic rings. The lowest BCUT2D eigenvalue weighted by molar-refractivity contribution is -0.116. The second-order valence-electron chi connectivity index (χ2n) is 4.32. The lowest BCUT2D eigenvalue weighted by Gasteiger charge is -2.10. The first kappa shape index (κ1) is 15.3. The van der Waals surface area contributed by atoms with Crippen molar-refractivity contribution in [2.24, 2.45) is 0 Å². The monoisotopic (exact) mass is 261 g/mol. The summed E-state index contributed by atoms with van der Waals surface area (Å²) in [6, 6.07) is 9.73. The summed E-state index contributed by atoms with van der Waals surface area (Å²) in [6.07, 6.45) is 4.84. The molecule has 0 aliphatic rings. The SMILES string of the molecule is CCCCCOC(=CC(=O)NCC)c1ccccc1. The molecule has 0 aliphatic carbocycles. The number of unbranched alkanes of at least 4 members (excludes halogenated alkanes) is 2. The highest BCUT2D eigenvalue weighted by Gasteiger charge is 2.05. The lowest BCUT2D eigenvalue weighted by Crippen LogP contribution is -2.20. The summed E-state index contributed by atoms with van der Waals surface area (Å²) in [4.78, 5) is 11.6. The zero-order chi connectivity index (χ0) is 13.9. The van der Waals surface area contributed by atoms with E-state index in [1.54, 1.807) is 0 Å². The zero-order valence-electron chi connectivity index (χ0n) is 11.8. The van der Waals surface area contributed by atoms with Crippen LogP contribution >= 0.6 is 0 Å². The number of carbonyl (C=O) groups excluding carboxylic acids is 1. The fourth-order valence-electron chi connectivity index (χ4n) is 1.69. The second kappa shape index (κ2) is 9.20. The maximum atomic E-state index is 11.6. The van der Waals surface area contributed by atoms with E-state index in [1.807, 2.05) is 37.3 Å². The van der Waals surface area contributed by atoms with E-state index in [9.17, 15) is 4.79 Å². The molecule has 3 nitrogen and oxygen atoms in total. The maximum Gasteiger partial charge on any atom is 0.247 e. The molecule has 0 aliphatic heterocycles. The van der Waals surface area contributed by atoms with Crippen LogP contribution in [-0.4, -0.2) is 19.1 Å². The molecule has 1 amide bonds. The van der Waals surface area contributed by atoms with Crippen LogP contribution in [0.25, 0.3) is 5.76 Å². The third-order valence-corrected chi connectivity index (χ3v) is 2.68. The van der Waals surface area contributed by atoms with Crippen molar-refractivity contribution in [1.82, 2.24) is 5.32 Å². The first-order valence-electron chi connectivity index (χ1n) is 6.95. The van der Waals surface area contributed by atoms with Crippen molar-refractivity contribution in [2.45, 2.75) is 33.1 Å². The van der Waals surface area contributed by atoms with Gasteiger partial charge in [0.15, 0.2) is 0 Å². The molecule has 1 N–H and O–H groups in total. The second-order valence-corrected chi connectivity index (χ2v) is 4.32. The summed E-state index contributed by atoms with van der Waals surface area (Å²) >= 11 is 0. The van der Waals surface area contributed by atoms with E-state index in [-0.39, 0.29) is 5.91 Å². The molecule has 0 heterocycles. The van der Waals surface area contributed by atoms with Gasteiger partial charge in [-0.25, -0.2) is 0 Å². The largest absolute Gasteiger partial charge is 0.493 e. The highest BCUT2D eigenvalue weighted by Crippen LogP contribution is 2.16. The van der Waals surface area contributed by atoms with E-state index in [0.29, 0.717) is 18.9 Å². The highest BCUT2D eigenvalue weighted by molar-refractivity contribution is 5.93. The number of hydrogen-bond acceptors (Lipinski definition) is 2. The van der Waals surface area contributed by atoms with E-state index in [2.05, 4.69) is 12.2 Å². The Kier molecular flexibility index (Phi) is 7.40. The molecule has 0 fully saturated rings. The van der Waals surface area contributed by atoms with Crippen molar-refractivity contribution in [3.63, 3.8) is 0 Å². The first-order chi connectivity index (χ1) is 9.27. The first-order valence-corrected chi connectivity index (χ1v) is 6.95. The number of ether oxygens (including phenoxy) is 1. The van der Waals surface area contributed by atoms with Gasteiger partial charge in [0.05, 0.1) is 6.61 Å². The normalized spacial score (nSPS) is 11.2. The van der Waals surface area contributed by atoms with Crippen molar-refractivity contribution < 1.29 is 9.53 Å². The van der Waals surface area contributed by atoms with Gasteiger partial charge < -0.3 is 10.1 Å². The van der Waals surface area contributed by atoms with E-state index in [1.165, 1.54) is 6.08 Å². The Morgan fingerprint density at radius 3 is 2.58 bits per heavy atom. The lowest BCUT2D eigenvalue weighted by atomic mass is 10.2. The summed E-state index contributed by atoms with van der Waals surface area (Å²) in [7, 11) is 0. The van der Waals surface area contributed by atoms with Crippen LogP contribution in [-0.2, 0) is 9.53 Å². The predicted octanol–water partition coefficient (Wildman–Crippen LogP) is 3.37. The Morgan fingerprint density at radius 2 is 1.95 bits per heavy atom. The molecule has 0 radical (unpaired) electrons. The smallest absolute Gasteiger partial charge is 0.247 e. The number of amides is 1. The quantitative estimate of drug-likeness (QED) is 0.442. The minimum Gasteiger partial charge on any atom is -0.493 e. The van der Waals surface area contributed by atoms with Crippen molar-refractivity contribution >= 4 is 11.7 Å². The highest BCUT2D eigenvalue weighted by atomic mass is 16.5. The van der Waals surface area contributed by atoms with Gasteiger partial charge in [-0.3, -0.25) is 4.79 Å². The molecule has 0 aromatic heterocycles. The molecule has 0 saturated heterocycles. The van der Waals surface area contributed by atoms with Gasteiger partial charge in [-0.2, -0.15) is 0 Å². The summed E-state index contributed by atoms with van der Waals surface area (Å²) < 4.78 is 5.75. The van der Waals surface area contributed by atoms with Crippen LogP contribution in [0.2, 0.25) is 0 Å². The van der Waals surface area contributed by atoms with E-state index < -0.39 is 0 Å². The van der Waals surface area contributed by atoms with Crippen LogP contribution in [0.3, 0.4) is 0 Å². The fraction of sp³-hybridized carbons (Fsp3) is 0.438. The summed E-state index contributed by atoms with van der Waals surface area (Å²) in [6.45, 7) is 5.32. The molecule has 1 rings (SSSR count). The summed E-state index contributed by atoms with van der Waals surface area (Å²) in [5.41, 5.74) is 0.935. The molecule has 0 bridgehead atoms. The fourth-order valence-corrected chi connectivity index (χ4v) is 1.69. The molecule has 0 atom stereocenters. The van der Waals surface area contributed by atoms with Gasteiger partial charge in [0, 0.05) is 18.2 Å². The number of carbonyl (C=O) groups is 1. The number of rotatable bonds is 8. The minimum atomic E-state index is -0.114. The van der Waals surface area contributed by atoms with Gasteiger partial charge in [-0.1, -0.05) is 50.1 Å². The Morgan fingerprint density at radius 1 is 1.21 bits per heavy atom. The van der Waals surface area contributed by atoms with Gasteiger partial charge >= 0.3 is 0 Å².